The molecule has 132 valence electrons. The number of para-hydroxylation sites is 1. The number of hydrogen-bond acceptors (Lipinski definition) is 3. The van der Waals surface area contributed by atoms with E-state index >= 15 is 0 Å². The van der Waals surface area contributed by atoms with E-state index in [0.29, 0.717) is 18.7 Å². The predicted molar refractivity (Wildman–Crippen MR) is 98.4 cm³/mol. The third kappa shape index (κ3) is 2.58. The van der Waals surface area contributed by atoms with Crippen molar-refractivity contribution in [1.29, 1.82) is 0 Å². The van der Waals surface area contributed by atoms with Gasteiger partial charge in [0.05, 0.1) is 23.7 Å². The van der Waals surface area contributed by atoms with Gasteiger partial charge in [0.15, 0.2) is 0 Å². The van der Waals surface area contributed by atoms with Crippen LogP contribution in [0.3, 0.4) is 0 Å². The topological polar surface area (TPSA) is 54.9 Å². The van der Waals surface area contributed by atoms with E-state index in [-0.39, 0.29) is 11.9 Å². The SMILES string of the molecule is Fc1ccc2c(c1)nc1n2[C@@H](CNCc2c[nH]c3ccccc23)COC1. The van der Waals surface area contributed by atoms with E-state index in [2.05, 4.69) is 44.2 Å². The number of imidazole rings is 1. The number of nitrogens with one attached hydrogen (secondary N) is 2. The molecule has 0 bridgehead atoms. The van der Waals surface area contributed by atoms with Gasteiger partial charge in [-0.1, -0.05) is 18.2 Å². The summed E-state index contributed by atoms with van der Waals surface area (Å²) in [6.07, 6.45) is 2.05. The fourth-order valence-corrected chi connectivity index (χ4v) is 3.79. The third-order valence-electron chi connectivity index (χ3n) is 5.00. The van der Waals surface area contributed by atoms with Gasteiger partial charge in [0, 0.05) is 36.3 Å². The van der Waals surface area contributed by atoms with Crippen LogP contribution in [0.15, 0.2) is 48.7 Å². The highest BCUT2D eigenvalue weighted by atomic mass is 19.1. The molecule has 1 aliphatic rings. The lowest BCUT2D eigenvalue weighted by molar-refractivity contribution is 0.0564. The molecular weight excluding hydrogens is 331 g/mol. The first-order valence-electron chi connectivity index (χ1n) is 8.79. The number of nitrogens with zero attached hydrogens (tertiary/aromatic N) is 2. The minimum absolute atomic E-state index is 0.138. The molecule has 0 spiro atoms. The minimum Gasteiger partial charge on any atom is -0.371 e. The zero-order valence-corrected chi connectivity index (χ0v) is 14.2. The summed E-state index contributed by atoms with van der Waals surface area (Å²) in [4.78, 5) is 7.83. The van der Waals surface area contributed by atoms with Crippen LogP contribution >= 0.6 is 0 Å². The number of hydrogen-bond donors (Lipinski definition) is 2. The Kier molecular flexibility index (Phi) is 3.72. The van der Waals surface area contributed by atoms with Crippen LogP contribution in [-0.4, -0.2) is 27.7 Å². The number of aromatic amines is 1. The second-order valence-corrected chi connectivity index (χ2v) is 6.69. The first-order chi connectivity index (χ1) is 12.8. The van der Waals surface area contributed by atoms with Crippen LogP contribution in [0.25, 0.3) is 21.9 Å². The molecule has 0 unspecified atom stereocenters. The molecule has 2 aromatic carbocycles. The summed E-state index contributed by atoms with van der Waals surface area (Å²) in [5, 5.41) is 4.77. The summed E-state index contributed by atoms with van der Waals surface area (Å²) in [7, 11) is 0. The van der Waals surface area contributed by atoms with Crippen molar-refractivity contribution in [3.8, 4) is 0 Å². The molecule has 2 aromatic heterocycles. The van der Waals surface area contributed by atoms with Gasteiger partial charge < -0.3 is 19.6 Å². The van der Waals surface area contributed by atoms with Gasteiger partial charge in [-0.15, -0.1) is 0 Å². The molecule has 2 N–H and O–H groups in total. The molecule has 3 heterocycles. The van der Waals surface area contributed by atoms with Crippen molar-refractivity contribution < 1.29 is 9.13 Å². The summed E-state index contributed by atoms with van der Waals surface area (Å²) >= 11 is 0. The Bertz CT molecular complexity index is 1080. The van der Waals surface area contributed by atoms with Crippen LogP contribution in [0.1, 0.15) is 17.4 Å². The molecule has 5 rings (SSSR count). The van der Waals surface area contributed by atoms with Crippen LogP contribution in [-0.2, 0) is 17.9 Å². The fraction of sp³-hybridized carbons (Fsp3) is 0.250. The Morgan fingerprint density at radius 2 is 2.19 bits per heavy atom. The number of aromatic nitrogens is 3. The lowest BCUT2D eigenvalue weighted by Gasteiger charge is -2.26. The second kappa shape index (κ2) is 6.23. The maximum Gasteiger partial charge on any atom is 0.136 e. The number of H-pyrrole nitrogens is 1. The molecule has 0 saturated carbocycles. The number of rotatable bonds is 4. The summed E-state index contributed by atoms with van der Waals surface area (Å²) < 4.78 is 21.4. The summed E-state index contributed by atoms with van der Waals surface area (Å²) in [6, 6.07) is 13.2. The van der Waals surface area contributed by atoms with Crippen molar-refractivity contribution in [3.05, 3.63) is 65.9 Å². The van der Waals surface area contributed by atoms with Gasteiger partial charge in [0.1, 0.15) is 18.2 Å². The standard InChI is InChI=1S/C20H19FN4O/c21-14-5-6-19-18(7-14)24-20-12-26-11-15(25(19)20)10-22-8-13-9-23-17-4-2-1-3-16(13)17/h1-7,9,15,22-23H,8,10-12H2/t15-/m0/s1. The molecule has 0 saturated heterocycles. The quantitative estimate of drug-likeness (QED) is 0.592. The van der Waals surface area contributed by atoms with Gasteiger partial charge >= 0.3 is 0 Å². The van der Waals surface area contributed by atoms with E-state index < -0.39 is 0 Å². The van der Waals surface area contributed by atoms with E-state index in [1.807, 2.05) is 6.07 Å². The second-order valence-electron chi connectivity index (χ2n) is 6.69. The van der Waals surface area contributed by atoms with E-state index in [9.17, 15) is 4.39 Å². The van der Waals surface area contributed by atoms with Gasteiger partial charge in [0.2, 0.25) is 0 Å². The largest absolute Gasteiger partial charge is 0.371 e. The first kappa shape index (κ1) is 15.5. The third-order valence-corrected chi connectivity index (χ3v) is 5.00. The molecule has 1 aliphatic heterocycles. The molecule has 0 fully saturated rings. The van der Waals surface area contributed by atoms with Crippen LogP contribution < -0.4 is 5.32 Å². The highest BCUT2D eigenvalue weighted by Gasteiger charge is 2.24. The van der Waals surface area contributed by atoms with E-state index in [1.54, 1.807) is 6.07 Å². The zero-order chi connectivity index (χ0) is 17.5. The lowest BCUT2D eigenvalue weighted by atomic mass is 10.1. The molecule has 26 heavy (non-hydrogen) atoms. The smallest absolute Gasteiger partial charge is 0.136 e. The number of benzene rings is 2. The number of halogens is 1. The van der Waals surface area contributed by atoms with Gasteiger partial charge in [-0.3, -0.25) is 0 Å². The molecule has 0 amide bonds. The molecule has 1 atom stereocenters. The molecule has 6 heteroatoms. The maximum absolute atomic E-state index is 13.5. The van der Waals surface area contributed by atoms with Gasteiger partial charge in [0.25, 0.3) is 0 Å². The zero-order valence-electron chi connectivity index (χ0n) is 14.2. The van der Waals surface area contributed by atoms with Crippen molar-refractivity contribution in [1.82, 2.24) is 19.9 Å². The Morgan fingerprint density at radius 3 is 3.15 bits per heavy atom. The fourth-order valence-electron chi connectivity index (χ4n) is 3.79. The van der Waals surface area contributed by atoms with Crippen molar-refractivity contribution in [2.24, 2.45) is 0 Å². The van der Waals surface area contributed by atoms with E-state index in [0.717, 1.165) is 29.9 Å². The summed E-state index contributed by atoms with van der Waals surface area (Å²) in [5.41, 5.74) is 4.04. The molecular formula is C20H19FN4O. The van der Waals surface area contributed by atoms with Crippen molar-refractivity contribution in [2.75, 3.05) is 13.2 Å². The molecule has 5 nitrogen and oxygen atoms in total. The predicted octanol–water partition coefficient (Wildman–Crippen LogP) is 3.52. The van der Waals surface area contributed by atoms with Gasteiger partial charge in [-0.25, -0.2) is 9.37 Å². The first-order valence-corrected chi connectivity index (χ1v) is 8.79. The van der Waals surface area contributed by atoms with Crippen LogP contribution in [0.5, 0.6) is 0 Å². The Hall–Kier alpha value is -2.70. The normalized spacial score (nSPS) is 17.0. The molecule has 4 aromatic rings. The average molecular weight is 350 g/mol. The van der Waals surface area contributed by atoms with Crippen molar-refractivity contribution in [3.63, 3.8) is 0 Å². The highest BCUT2D eigenvalue weighted by Crippen LogP contribution is 2.26. The summed E-state index contributed by atoms with van der Waals surface area (Å²) in [6.45, 7) is 2.62. The lowest BCUT2D eigenvalue weighted by Crippen LogP contribution is -2.32. The monoisotopic (exact) mass is 350 g/mol. The van der Waals surface area contributed by atoms with Crippen LogP contribution in [0.4, 0.5) is 4.39 Å². The Morgan fingerprint density at radius 1 is 1.27 bits per heavy atom. The van der Waals surface area contributed by atoms with Crippen LogP contribution in [0.2, 0.25) is 0 Å². The van der Waals surface area contributed by atoms with Gasteiger partial charge in [-0.2, -0.15) is 0 Å². The van der Waals surface area contributed by atoms with Crippen molar-refractivity contribution >= 4 is 21.9 Å². The Labute approximate surface area is 149 Å². The maximum atomic E-state index is 13.5. The van der Waals surface area contributed by atoms with Crippen molar-refractivity contribution in [2.45, 2.75) is 19.2 Å². The average Bonchev–Trinajstić information content (AvgIpc) is 3.23. The molecule has 0 radical (unpaired) electrons. The van der Waals surface area contributed by atoms with E-state index in [4.69, 9.17) is 4.74 Å². The minimum atomic E-state index is -0.261. The number of ether oxygens (including phenoxy) is 1. The van der Waals surface area contributed by atoms with Crippen LogP contribution in [0, 0.1) is 5.82 Å². The highest BCUT2D eigenvalue weighted by molar-refractivity contribution is 5.83. The van der Waals surface area contributed by atoms with Gasteiger partial charge in [-0.05, 0) is 23.8 Å². The molecule has 0 aliphatic carbocycles. The van der Waals surface area contributed by atoms with E-state index in [1.165, 1.54) is 23.1 Å². The summed E-state index contributed by atoms with van der Waals surface area (Å²) in [5.74, 6) is 0.596. The Balaban J connectivity index is 1.36. The number of fused-ring (bicyclic) bond motifs is 4.